The molecular weight excluding hydrogens is 238 g/mol. The van der Waals surface area contributed by atoms with Crippen molar-refractivity contribution in [2.24, 2.45) is 5.92 Å². The van der Waals surface area contributed by atoms with Crippen LogP contribution in [-0.2, 0) is 17.8 Å². The lowest BCUT2D eigenvalue weighted by molar-refractivity contribution is -0.120. The number of benzene rings is 1. The first-order chi connectivity index (χ1) is 9.22. The molecule has 1 aliphatic rings. The largest absolute Gasteiger partial charge is 0.335 e. The number of anilines is 1. The molecule has 0 fully saturated rings. The molecule has 1 aromatic carbocycles. The average molecular weight is 255 g/mol. The minimum Gasteiger partial charge on any atom is -0.335 e. The quantitative estimate of drug-likeness (QED) is 0.895. The molecule has 3 rings (SSSR count). The lowest BCUT2D eigenvalue weighted by Gasteiger charge is -2.22. The topological polar surface area (TPSA) is 46.9 Å². The molecule has 0 saturated carbocycles. The van der Waals surface area contributed by atoms with E-state index in [2.05, 4.69) is 14.9 Å². The summed E-state index contributed by atoms with van der Waals surface area (Å²) in [6, 6.07) is 7.89. The highest BCUT2D eigenvalue weighted by Crippen LogP contribution is 2.21. The van der Waals surface area contributed by atoms with Crippen LogP contribution in [0.1, 0.15) is 17.8 Å². The molecule has 2 heterocycles. The molecule has 4 heteroatoms. The van der Waals surface area contributed by atoms with Crippen molar-refractivity contribution >= 4 is 11.6 Å². The molecule has 98 valence electrons. The van der Waals surface area contributed by atoms with E-state index in [0.717, 1.165) is 36.5 Å². The Labute approximate surface area is 112 Å². The summed E-state index contributed by atoms with van der Waals surface area (Å²) in [4.78, 5) is 16.6. The lowest BCUT2D eigenvalue weighted by atomic mass is 9.97. The first-order valence-corrected chi connectivity index (χ1v) is 6.60. The van der Waals surface area contributed by atoms with Gasteiger partial charge in [0, 0.05) is 37.0 Å². The molecule has 4 nitrogen and oxygen atoms in total. The number of carbonyl (C=O) groups is 1. The maximum Gasteiger partial charge on any atom is 0.228 e. The Morgan fingerprint density at radius 3 is 3.21 bits per heavy atom. The molecule has 1 amide bonds. The van der Waals surface area contributed by atoms with E-state index in [1.807, 2.05) is 37.4 Å². The highest BCUT2D eigenvalue weighted by atomic mass is 16.1. The number of nitrogens with zero attached hydrogens (tertiary/aromatic N) is 2. The van der Waals surface area contributed by atoms with E-state index >= 15 is 0 Å². The van der Waals surface area contributed by atoms with Crippen molar-refractivity contribution in [2.45, 2.75) is 26.3 Å². The third kappa shape index (κ3) is 2.52. The van der Waals surface area contributed by atoms with Gasteiger partial charge >= 0.3 is 0 Å². The summed E-state index contributed by atoms with van der Waals surface area (Å²) in [5, 5.41) is 3.00. The van der Waals surface area contributed by atoms with Gasteiger partial charge in [0.1, 0.15) is 5.82 Å². The van der Waals surface area contributed by atoms with E-state index < -0.39 is 0 Å². The SMILES string of the molecule is Cc1cccc(NC(=O)[C@@H]2CCn3ccnc3C2)c1. The number of rotatable bonds is 2. The number of fused-ring (bicyclic) bond motifs is 1. The third-order valence-corrected chi connectivity index (χ3v) is 3.61. The maximum atomic E-state index is 12.3. The third-order valence-electron chi connectivity index (χ3n) is 3.61. The summed E-state index contributed by atoms with van der Waals surface area (Å²) in [6.07, 6.45) is 5.38. The van der Waals surface area contributed by atoms with E-state index in [1.54, 1.807) is 6.20 Å². The predicted molar refractivity (Wildman–Crippen MR) is 73.8 cm³/mol. The smallest absolute Gasteiger partial charge is 0.228 e. The summed E-state index contributed by atoms with van der Waals surface area (Å²) >= 11 is 0. The molecule has 0 radical (unpaired) electrons. The van der Waals surface area contributed by atoms with Gasteiger partial charge in [0.15, 0.2) is 0 Å². The maximum absolute atomic E-state index is 12.3. The predicted octanol–water partition coefficient (Wildman–Crippen LogP) is 2.39. The lowest BCUT2D eigenvalue weighted by Crippen LogP contribution is -2.30. The van der Waals surface area contributed by atoms with Crippen molar-refractivity contribution < 1.29 is 4.79 Å². The van der Waals surface area contributed by atoms with Crippen LogP contribution in [0.3, 0.4) is 0 Å². The average Bonchev–Trinajstić information content (AvgIpc) is 2.85. The molecule has 1 N–H and O–H groups in total. The molecule has 0 unspecified atom stereocenters. The van der Waals surface area contributed by atoms with Crippen LogP contribution in [0, 0.1) is 12.8 Å². The fourth-order valence-electron chi connectivity index (χ4n) is 2.54. The second-order valence-corrected chi connectivity index (χ2v) is 5.09. The summed E-state index contributed by atoms with van der Waals surface area (Å²) < 4.78 is 2.12. The normalized spacial score (nSPS) is 17.8. The molecule has 19 heavy (non-hydrogen) atoms. The minimum absolute atomic E-state index is 0.0235. The highest BCUT2D eigenvalue weighted by Gasteiger charge is 2.25. The molecule has 1 aromatic heterocycles. The van der Waals surface area contributed by atoms with Crippen LogP contribution in [0.15, 0.2) is 36.7 Å². The van der Waals surface area contributed by atoms with Gasteiger partial charge in [0.05, 0.1) is 0 Å². The van der Waals surface area contributed by atoms with E-state index in [9.17, 15) is 4.79 Å². The van der Waals surface area contributed by atoms with Gasteiger partial charge in [-0.15, -0.1) is 0 Å². The fraction of sp³-hybridized carbons (Fsp3) is 0.333. The number of amides is 1. The zero-order chi connectivity index (χ0) is 13.2. The van der Waals surface area contributed by atoms with Gasteiger partial charge in [-0.2, -0.15) is 0 Å². The fourth-order valence-corrected chi connectivity index (χ4v) is 2.54. The van der Waals surface area contributed by atoms with Crippen molar-refractivity contribution in [3.05, 3.63) is 48.0 Å². The molecule has 1 atom stereocenters. The second-order valence-electron chi connectivity index (χ2n) is 5.09. The van der Waals surface area contributed by atoms with Crippen LogP contribution in [0.2, 0.25) is 0 Å². The molecule has 0 aliphatic carbocycles. The van der Waals surface area contributed by atoms with Crippen molar-refractivity contribution in [2.75, 3.05) is 5.32 Å². The first kappa shape index (κ1) is 12.0. The van der Waals surface area contributed by atoms with Crippen molar-refractivity contribution in [1.82, 2.24) is 9.55 Å². The molecule has 0 bridgehead atoms. The van der Waals surface area contributed by atoms with E-state index in [1.165, 1.54) is 0 Å². The Hall–Kier alpha value is -2.10. The Morgan fingerprint density at radius 1 is 1.47 bits per heavy atom. The van der Waals surface area contributed by atoms with Gasteiger partial charge in [0.2, 0.25) is 5.91 Å². The Kier molecular flexibility index (Phi) is 3.07. The van der Waals surface area contributed by atoms with Gasteiger partial charge < -0.3 is 9.88 Å². The van der Waals surface area contributed by atoms with Gasteiger partial charge in [-0.1, -0.05) is 12.1 Å². The number of carbonyl (C=O) groups excluding carboxylic acids is 1. The van der Waals surface area contributed by atoms with Gasteiger partial charge in [0.25, 0.3) is 0 Å². The molecular formula is C15H17N3O. The number of aromatic nitrogens is 2. The van der Waals surface area contributed by atoms with Crippen LogP contribution in [0.4, 0.5) is 5.69 Å². The van der Waals surface area contributed by atoms with Crippen LogP contribution < -0.4 is 5.32 Å². The number of hydrogen-bond donors (Lipinski definition) is 1. The molecule has 2 aromatic rings. The van der Waals surface area contributed by atoms with E-state index in [0.29, 0.717) is 0 Å². The van der Waals surface area contributed by atoms with Crippen LogP contribution >= 0.6 is 0 Å². The number of nitrogens with one attached hydrogen (secondary N) is 1. The van der Waals surface area contributed by atoms with E-state index in [4.69, 9.17) is 0 Å². The number of hydrogen-bond acceptors (Lipinski definition) is 2. The molecule has 1 aliphatic heterocycles. The molecule has 0 spiro atoms. The second kappa shape index (κ2) is 4.88. The zero-order valence-corrected chi connectivity index (χ0v) is 11.0. The Morgan fingerprint density at radius 2 is 2.37 bits per heavy atom. The summed E-state index contributed by atoms with van der Waals surface area (Å²) in [6.45, 7) is 2.90. The summed E-state index contributed by atoms with van der Waals surface area (Å²) in [7, 11) is 0. The number of aryl methyl sites for hydroxylation is 2. The van der Waals surface area contributed by atoms with Crippen LogP contribution in [-0.4, -0.2) is 15.5 Å². The minimum atomic E-state index is 0.0235. The monoisotopic (exact) mass is 255 g/mol. The summed E-state index contributed by atoms with van der Waals surface area (Å²) in [5.41, 5.74) is 2.02. The highest BCUT2D eigenvalue weighted by molar-refractivity contribution is 5.92. The standard InChI is InChI=1S/C15H17N3O/c1-11-3-2-4-13(9-11)17-15(19)12-5-7-18-8-6-16-14(18)10-12/h2-4,6,8-9,12H,5,7,10H2,1H3,(H,17,19)/t12-/m1/s1. The van der Waals surface area contributed by atoms with Crippen molar-refractivity contribution in [3.8, 4) is 0 Å². The van der Waals surface area contributed by atoms with Crippen molar-refractivity contribution in [1.29, 1.82) is 0 Å². The summed E-state index contributed by atoms with van der Waals surface area (Å²) in [5.74, 6) is 1.13. The van der Waals surface area contributed by atoms with Gasteiger partial charge in [-0.05, 0) is 31.0 Å². The van der Waals surface area contributed by atoms with Crippen LogP contribution in [0.25, 0.3) is 0 Å². The number of imidazole rings is 1. The van der Waals surface area contributed by atoms with Crippen LogP contribution in [0.5, 0.6) is 0 Å². The van der Waals surface area contributed by atoms with Gasteiger partial charge in [-0.25, -0.2) is 4.98 Å². The Balaban J connectivity index is 1.69. The first-order valence-electron chi connectivity index (χ1n) is 6.60. The van der Waals surface area contributed by atoms with Gasteiger partial charge in [-0.3, -0.25) is 4.79 Å². The Bertz CT molecular complexity index is 603. The van der Waals surface area contributed by atoms with E-state index in [-0.39, 0.29) is 11.8 Å². The zero-order valence-electron chi connectivity index (χ0n) is 11.0. The van der Waals surface area contributed by atoms with Crippen molar-refractivity contribution in [3.63, 3.8) is 0 Å². The molecule has 0 saturated heterocycles.